The number of anilines is 1. The second kappa shape index (κ2) is 3.42. The molecule has 0 fully saturated rings. The number of ketones is 1. The van der Waals surface area contributed by atoms with E-state index in [1.807, 2.05) is 5.92 Å². The van der Waals surface area contributed by atoms with E-state index in [0.717, 1.165) is 0 Å². The van der Waals surface area contributed by atoms with Crippen molar-refractivity contribution in [1.29, 1.82) is 0 Å². The topological polar surface area (TPSA) is 43.1 Å². The molecule has 2 nitrogen and oxygen atoms in total. The molecule has 0 aromatic heterocycles. The van der Waals surface area contributed by atoms with Crippen molar-refractivity contribution in [2.24, 2.45) is 0 Å². The molecule has 0 amide bonds. The molecule has 0 aliphatic carbocycles. The van der Waals surface area contributed by atoms with Crippen LogP contribution in [0.5, 0.6) is 0 Å². The number of benzene rings is 1. The average Bonchev–Trinajstić information content (AvgIpc) is 2.08. The maximum absolute atomic E-state index is 11.0. The average molecular weight is 224 g/mol. The normalized spacial score (nSPS) is 9.00. The highest BCUT2D eigenvalue weighted by Crippen LogP contribution is 2.20. The van der Waals surface area contributed by atoms with Crippen molar-refractivity contribution in [3.8, 4) is 12.3 Å². The summed E-state index contributed by atoms with van der Waals surface area (Å²) >= 11 is 3.20. The molecule has 0 spiro atoms. The van der Waals surface area contributed by atoms with E-state index < -0.39 is 0 Å². The third-order valence-electron chi connectivity index (χ3n) is 1.39. The van der Waals surface area contributed by atoms with Gasteiger partial charge in [-0.2, -0.15) is 0 Å². The van der Waals surface area contributed by atoms with Gasteiger partial charge < -0.3 is 5.73 Å². The summed E-state index contributed by atoms with van der Waals surface area (Å²) in [6, 6.07) is 4.84. The molecular formula is C9H6BrNO. The molecule has 0 bridgehead atoms. The van der Waals surface area contributed by atoms with Crippen molar-refractivity contribution < 1.29 is 4.79 Å². The Balaban J connectivity index is 3.15. The van der Waals surface area contributed by atoms with Gasteiger partial charge in [-0.1, -0.05) is 0 Å². The third kappa shape index (κ3) is 1.66. The van der Waals surface area contributed by atoms with Gasteiger partial charge in [-0.05, 0) is 40.0 Å². The standard InChI is InChI=1S/C9H6BrNO/c1-2-9(12)6-3-4-8(11)7(10)5-6/h1,3-5H,11H2. The van der Waals surface area contributed by atoms with Gasteiger partial charge in [0.05, 0.1) is 0 Å². The SMILES string of the molecule is C#CC(=O)c1ccc(N)c(Br)c1. The maximum atomic E-state index is 11.0. The van der Waals surface area contributed by atoms with E-state index in [1.54, 1.807) is 18.2 Å². The molecule has 1 aromatic carbocycles. The molecule has 12 heavy (non-hydrogen) atoms. The first-order valence-corrected chi connectivity index (χ1v) is 4.00. The predicted octanol–water partition coefficient (Wildman–Crippen LogP) is 1.85. The summed E-state index contributed by atoms with van der Waals surface area (Å²) < 4.78 is 0.684. The Hall–Kier alpha value is -1.27. The Labute approximate surface area is 78.9 Å². The van der Waals surface area contributed by atoms with Crippen LogP contribution in [0.1, 0.15) is 10.4 Å². The highest BCUT2D eigenvalue weighted by atomic mass is 79.9. The van der Waals surface area contributed by atoms with Gasteiger partial charge in [0.1, 0.15) is 0 Å². The molecule has 0 saturated heterocycles. The fourth-order valence-corrected chi connectivity index (χ4v) is 1.13. The van der Waals surface area contributed by atoms with Gasteiger partial charge in [-0.25, -0.2) is 0 Å². The molecule has 0 radical (unpaired) electrons. The summed E-state index contributed by atoms with van der Waals surface area (Å²) in [6.45, 7) is 0. The molecular weight excluding hydrogens is 218 g/mol. The summed E-state index contributed by atoms with van der Waals surface area (Å²) in [4.78, 5) is 11.0. The molecule has 0 aliphatic rings. The molecule has 3 heteroatoms. The fraction of sp³-hybridized carbons (Fsp3) is 0. The van der Waals surface area contributed by atoms with Gasteiger partial charge in [0.25, 0.3) is 0 Å². The number of nitrogens with two attached hydrogens (primary N) is 1. The number of terminal acetylenes is 1. The van der Waals surface area contributed by atoms with Crippen LogP contribution in [0.25, 0.3) is 0 Å². The van der Waals surface area contributed by atoms with Crippen LogP contribution in [0.3, 0.4) is 0 Å². The van der Waals surface area contributed by atoms with Crippen LogP contribution in [-0.4, -0.2) is 5.78 Å². The van der Waals surface area contributed by atoms with Crippen LogP contribution in [0.15, 0.2) is 22.7 Å². The molecule has 2 N–H and O–H groups in total. The van der Waals surface area contributed by atoms with Gasteiger partial charge in [0.15, 0.2) is 0 Å². The van der Waals surface area contributed by atoms with Crippen molar-refractivity contribution in [1.82, 2.24) is 0 Å². The van der Waals surface area contributed by atoms with Gasteiger partial charge in [0.2, 0.25) is 5.78 Å². The monoisotopic (exact) mass is 223 g/mol. The lowest BCUT2D eigenvalue weighted by Crippen LogP contribution is -1.95. The van der Waals surface area contributed by atoms with Gasteiger partial charge in [0, 0.05) is 15.7 Å². The Morgan fingerprint density at radius 3 is 2.75 bits per heavy atom. The molecule has 60 valence electrons. The van der Waals surface area contributed by atoms with Crippen molar-refractivity contribution in [2.75, 3.05) is 5.73 Å². The van der Waals surface area contributed by atoms with Crippen LogP contribution in [0, 0.1) is 12.3 Å². The molecule has 1 aromatic rings. The number of carbonyl (C=O) groups is 1. The number of rotatable bonds is 1. The summed E-state index contributed by atoms with van der Waals surface area (Å²) in [5.74, 6) is 1.69. The quantitative estimate of drug-likeness (QED) is 0.342. The van der Waals surface area contributed by atoms with Crippen LogP contribution < -0.4 is 5.73 Å². The minimum Gasteiger partial charge on any atom is -0.398 e. The summed E-state index contributed by atoms with van der Waals surface area (Å²) in [6.07, 6.45) is 4.95. The molecule has 0 unspecified atom stereocenters. The van der Waals surface area contributed by atoms with Crippen LogP contribution >= 0.6 is 15.9 Å². The molecule has 0 atom stereocenters. The lowest BCUT2D eigenvalue weighted by atomic mass is 10.1. The highest BCUT2D eigenvalue weighted by Gasteiger charge is 2.03. The Morgan fingerprint density at radius 2 is 2.25 bits per heavy atom. The Bertz CT molecular complexity index is 365. The maximum Gasteiger partial charge on any atom is 0.235 e. The van der Waals surface area contributed by atoms with E-state index in [9.17, 15) is 4.79 Å². The van der Waals surface area contributed by atoms with E-state index >= 15 is 0 Å². The number of Topliss-reactive ketones (excluding diaryl/α,β-unsaturated/α-hetero) is 1. The van der Waals surface area contributed by atoms with Crippen LogP contribution in [0.4, 0.5) is 5.69 Å². The fourth-order valence-electron chi connectivity index (χ4n) is 0.752. The van der Waals surface area contributed by atoms with E-state index in [2.05, 4.69) is 15.9 Å². The van der Waals surface area contributed by atoms with Crippen molar-refractivity contribution in [2.45, 2.75) is 0 Å². The molecule has 0 saturated carbocycles. The number of hydrogen-bond acceptors (Lipinski definition) is 2. The van der Waals surface area contributed by atoms with Crippen molar-refractivity contribution in [3.63, 3.8) is 0 Å². The molecule has 0 heterocycles. The zero-order valence-corrected chi connectivity index (χ0v) is 7.76. The van der Waals surface area contributed by atoms with E-state index in [1.165, 1.54) is 0 Å². The zero-order valence-electron chi connectivity index (χ0n) is 6.17. The van der Waals surface area contributed by atoms with Crippen molar-refractivity contribution >= 4 is 27.4 Å². The van der Waals surface area contributed by atoms with E-state index in [4.69, 9.17) is 12.2 Å². The third-order valence-corrected chi connectivity index (χ3v) is 2.08. The predicted molar refractivity (Wildman–Crippen MR) is 51.7 cm³/mol. The number of carbonyl (C=O) groups excluding carboxylic acids is 1. The molecule has 0 aliphatic heterocycles. The van der Waals surface area contributed by atoms with Gasteiger partial charge in [-0.3, -0.25) is 4.79 Å². The first kappa shape index (κ1) is 8.82. The van der Waals surface area contributed by atoms with Crippen molar-refractivity contribution in [3.05, 3.63) is 28.2 Å². The van der Waals surface area contributed by atoms with E-state index in [-0.39, 0.29) is 5.78 Å². The first-order chi connectivity index (χ1) is 5.65. The summed E-state index contributed by atoms with van der Waals surface area (Å²) in [7, 11) is 0. The zero-order chi connectivity index (χ0) is 9.14. The smallest absolute Gasteiger partial charge is 0.235 e. The first-order valence-electron chi connectivity index (χ1n) is 3.21. The number of halogens is 1. The lowest BCUT2D eigenvalue weighted by Gasteiger charge is -1.98. The van der Waals surface area contributed by atoms with E-state index in [0.29, 0.717) is 15.7 Å². The van der Waals surface area contributed by atoms with Crippen LogP contribution in [0.2, 0.25) is 0 Å². The highest BCUT2D eigenvalue weighted by molar-refractivity contribution is 9.10. The number of nitrogen functional groups attached to an aromatic ring is 1. The van der Waals surface area contributed by atoms with Crippen LogP contribution in [-0.2, 0) is 0 Å². The van der Waals surface area contributed by atoms with Gasteiger partial charge >= 0.3 is 0 Å². The lowest BCUT2D eigenvalue weighted by molar-refractivity contribution is 0.105. The summed E-state index contributed by atoms with van der Waals surface area (Å²) in [5.41, 5.74) is 6.58. The second-order valence-electron chi connectivity index (χ2n) is 2.21. The molecule has 1 rings (SSSR count). The Kier molecular flexibility index (Phi) is 2.51. The minimum absolute atomic E-state index is 0.337. The minimum atomic E-state index is -0.337. The summed E-state index contributed by atoms with van der Waals surface area (Å²) in [5, 5.41) is 0. The second-order valence-corrected chi connectivity index (χ2v) is 3.06. The largest absolute Gasteiger partial charge is 0.398 e. The van der Waals surface area contributed by atoms with Gasteiger partial charge in [-0.15, -0.1) is 6.42 Å². The number of hydrogen-bond donors (Lipinski definition) is 1. The Morgan fingerprint density at radius 1 is 1.58 bits per heavy atom.